The lowest BCUT2D eigenvalue weighted by molar-refractivity contribution is 0.302. The zero-order valence-electron chi connectivity index (χ0n) is 12.6. The fourth-order valence-corrected chi connectivity index (χ4v) is 3.56. The van der Waals surface area contributed by atoms with Crippen LogP contribution in [0.15, 0.2) is 29.2 Å². The lowest BCUT2D eigenvalue weighted by Crippen LogP contribution is -2.31. The van der Waals surface area contributed by atoms with Crippen LogP contribution in [0.5, 0.6) is 0 Å². The van der Waals surface area contributed by atoms with Crippen LogP contribution in [0.3, 0.4) is 0 Å². The molecule has 20 heavy (non-hydrogen) atoms. The number of hydrogen-bond acceptors (Lipinski definition) is 3. The van der Waals surface area contributed by atoms with Crippen molar-refractivity contribution in [3.05, 3.63) is 29.8 Å². The summed E-state index contributed by atoms with van der Waals surface area (Å²) in [5, 5.41) is 3.59. The molecule has 1 atom stereocenters. The van der Waals surface area contributed by atoms with E-state index in [1.807, 2.05) is 12.1 Å². The predicted octanol–water partition coefficient (Wildman–Crippen LogP) is 3.32. The molecule has 1 saturated carbocycles. The number of sulfone groups is 1. The summed E-state index contributed by atoms with van der Waals surface area (Å²) in [5.74, 6) is 0. The van der Waals surface area contributed by atoms with Crippen molar-refractivity contribution in [1.29, 1.82) is 0 Å². The molecule has 0 aromatic heterocycles. The molecular formula is C16H25NO2S. The Labute approximate surface area is 122 Å². The highest BCUT2D eigenvalue weighted by molar-refractivity contribution is 7.90. The maximum atomic E-state index is 11.4. The minimum absolute atomic E-state index is 0.251. The summed E-state index contributed by atoms with van der Waals surface area (Å²) >= 11 is 0. The van der Waals surface area contributed by atoms with Crippen molar-refractivity contribution in [2.24, 2.45) is 5.41 Å². The van der Waals surface area contributed by atoms with Gasteiger partial charge >= 0.3 is 0 Å². The second-order valence-electron chi connectivity index (χ2n) is 6.46. The number of nitrogens with one attached hydrogen (secondary N) is 1. The summed E-state index contributed by atoms with van der Waals surface area (Å²) in [4.78, 5) is 0.385. The van der Waals surface area contributed by atoms with Crippen LogP contribution in [0.25, 0.3) is 0 Å². The Balaban J connectivity index is 1.97. The molecule has 0 heterocycles. The highest BCUT2D eigenvalue weighted by atomic mass is 32.2. The quantitative estimate of drug-likeness (QED) is 0.906. The first kappa shape index (κ1) is 15.5. The van der Waals surface area contributed by atoms with E-state index in [0.717, 1.165) is 12.1 Å². The van der Waals surface area contributed by atoms with Gasteiger partial charge < -0.3 is 5.32 Å². The van der Waals surface area contributed by atoms with Crippen molar-refractivity contribution >= 4 is 9.84 Å². The largest absolute Gasteiger partial charge is 0.310 e. The van der Waals surface area contributed by atoms with Gasteiger partial charge in [-0.25, -0.2) is 8.42 Å². The van der Waals surface area contributed by atoms with Crippen molar-refractivity contribution < 1.29 is 8.42 Å². The molecule has 1 aliphatic rings. The van der Waals surface area contributed by atoms with Crippen molar-refractivity contribution in [1.82, 2.24) is 5.32 Å². The lowest BCUT2D eigenvalue weighted by atomic mass is 9.88. The van der Waals surface area contributed by atoms with Gasteiger partial charge in [-0.05, 0) is 42.9 Å². The molecule has 1 unspecified atom stereocenters. The molecule has 0 spiro atoms. The van der Waals surface area contributed by atoms with Crippen LogP contribution in [0.2, 0.25) is 0 Å². The van der Waals surface area contributed by atoms with E-state index in [9.17, 15) is 8.42 Å². The second-order valence-corrected chi connectivity index (χ2v) is 8.48. The van der Waals surface area contributed by atoms with E-state index in [1.165, 1.54) is 31.9 Å². The van der Waals surface area contributed by atoms with E-state index < -0.39 is 9.84 Å². The van der Waals surface area contributed by atoms with Crippen molar-refractivity contribution in [3.8, 4) is 0 Å². The van der Waals surface area contributed by atoms with E-state index in [2.05, 4.69) is 19.2 Å². The third kappa shape index (κ3) is 3.83. The molecule has 0 bridgehead atoms. The molecule has 112 valence electrons. The molecule has 4 heteroatoms. The number of rotatable bonds is 5. The monoisotopic (exact) mass is 295 g/mol. The Morgan fingerprint density at radius 2 is 1.75 bits per heavy atom. The Hall–Kier alpha value is -0.870. The molecule has 0 radical (unpaired) electrons. The Morgan fingerprint density at radius 3 is 2.25 bits per heavy atom. The molecule has 0 aliphatic heterocycles. The van der Waals surface area contributed by atoms with Crippen LogP contribution in [0.4, 0.5) is 0 Å². The maximum Gasteiger partial charge on any atom is 0.175 e. The summed E-state index contributed by atoms with van der Waals surface area (Å²) in [6, 6.07) is 7.46. The van der Waals surface area contributed by atoms with Crippen LogP contribution in [0.1, 0.15) is 51.1 Å². The van der Waals surface area contributed by atoms with Crippen LogP contribution in [-0.2, 0) is 9.84 Å². The molecule has 1 aliphatic carbocycles. The first-order chi connectivity index (χ1) is 9.30. The molecule has 0 saturated heterocycles. The van der Waals surface area contributed by atoms with E-state index in [-0.39, 0.29) is 6.04 Å². The van der Waals surface area contributed by atoms with Gasteiger partial charge in [0.2, 0.25) is 0 Å². The SMILES string of the molecule is CC(NCC1(C)CCCC1)c1ccc(S(C)(=O)=O)cc1. The summed E-state index contributed by atoms with van der Waals surface area (Å²) in [6.45, 7) is 5.52. The van der Waals surface area contributed by atoms with Crippen LogP contribution < -0.4 is 5.32 Å². The summed E-state index contributed by atoms with van der Waals surface area (Å²) < 4.78 is 22.9. The average Bonchev–Trinajstić information content (AvgIpc) is 2.83. The number of benzene rings is 1. The average molecular weight is 295 g/mol. The van der Waals surface area contributed by atoms with Gasteiger partial charge in [-0.15, -0.1) is 0 Å². The van der Waals surface area contributed by atoms with Gasteiger partial charge in [0.25, 0.3) is 0 Å². The second kappa shape index (κ2) is 5.86. The van der Waals surface area contributed by atoms with E-state index in [4.69, 9.17) is 0 Å². The summed E-state index contributed by atoms with van der Waals surface area (Å²) in [7, 11) is -3.10. The van der Waals surface area contributed by atoms with E-state index >= 15 is 0 Å². The normalized spacial score (nSPS) is 19.9. The Kier molecular flexibility index (Phi) is 4.55. The zero-order chi connectivity index (χ0) is 14.8. The minimum atomic E-state index is -3.10. The molecule has 0 amide bonds. The minimum Gasteiger partial charge on any atom is -0.310 e. The molecular weight excluding hydrogens is 270 g/mol. The van der Waals surface area contributed by atoms with E-state index in [0.29, 0.717) is 10.3 Å². The highest BCUT2D eigenvalue weighted by Gasteiger charge is 2.28. The number of hydrogen-bond donors (Lipinski definition) is 1. The van der Waals surface area contributed by atoms with Gasteiger partial charge in [0.15, 0.2) is 9.84 Å². The third-order valence-corrected chi connectivity index (χ3v) is 5.58. The molecule has 1 aromatic rings. The van der Waals surface area contributed by atoms with Crippen LogP contribution in [-0.4, -0.2) is 21.2 Å². The molecule has 3 nitrogen and oxygen atoms in total. The van der Waals surface area contributed by atoms with Gasteiger partial charge in [0.1, 0.15) is 0 Å². The first-order valence-electron chi connectivity index (χ1n) is 7.34. The molecule has 1 fully saturated rings. The van der Waals surface area contributed by atoms with Gasteiger partial charge in [-0.2, -0.15) is 0 Å². The third-order valence-electron chi connectivity index (χ3n) is 4.45. The van der Waals surface area contributed by atoms with Gasteiger partial charge in [0, 0.05) is 18.8 Å². The molecule has 1 aromatic carbocycles. The summed E-state index contributed by atoms with van der Waals surface area (Å²) in [6.07, 6.45) is 6.54. The Morgan fingerprint density at radius 1 is 1.20 bits per heavy atom. The smallest absolute Gasteiger partial charge is 0.175 e. The fourth-order valence-electron chi connectivity index (χ4n) is 2.93. The first-order valence-corrected chi connectivity index (χ1v) is 9.23. The standard InChI is InChI=1S/C16H25NO2S/c1-13(17-12-16(2)10-4-5-11-16)14-6-8-15(9-7-14)20(3,18)19/h6-9,13,17H,4-5,10-12H2,1-3H3. The topological polar surface area (TPSA) is 46.2 Å². The highest BCUT2D eigenvalue weighted by Crippen LogP contribution is 2.37. The Bertz CT molecular complexity index is 542. The summed E-state index contributed by atoms with van der Waals surface area (Å²) in [5.41, 5.74) is 1.57. The maximum absolute atomic E-state index is 11.4. The van der Waals surface area contributed by atoms with Gasteiger partial charge in [-0.1, -0.05) is 31.9 Å². The van der Waals surface area contributed by atoms with E-state index in [1.54, 1.807) is 12.1 Å². The molecule has 1 N–H and O–H groups in total. The van der Waals surface area contributed by atoms with Crippen LogP contribution in [0, 0.1) is 5.41 Å². The fraction of sp³-hybridized carbons (Fsp3) is 0.625. The van der Waals surface area contributed by atoms with Crippen molar-refractivity contribution in [2.75, 3.05) is 12.8 Å². The molecule has 2 rings (SSSR count). The van der Waals surface area contributed by atoms with Crippen LogP contribution >= 0.6 is 0 Å². The zero-order valence-corrected chi connectivity index (χ0v) is 13.5. The van der Waals surface area contributed by atoms with Crippen molar-refractivity contribution in [2.45, 2.75) is 50.5 Å². The van der Waals surface area contributed by atoms with Gasteiger partial charge in [-0.3, -0.25) is 0 Å². The van der Waals surface area contributed by atoms with Crippen molar-refractivity contribution in [3.63, 3.8) is 0 Å². The predicted molar refractivity (Wildman–Crippen MR) is 82.5 cm³/mol. The van der Waals surface area contributed by atoms with Gasteiger partial charge in [0.05, 0.1) is 4.90 Å². The lowest BCUT2D eigenvalue weighted by Gasteiger charge is -2.26.